The van der Waals surface area contributed by atoms with E-state index in [0.717, 1.165) is 12.3 Å². The second-order valence-corrected chi connectivity index (χ2v) is 5.98. The average Bonchev–Trinajstić information content (AvgIpc) is 2.79. The highest BCUT2D eigenvalue weighted by molar-refractivity contribution is 5.40. The highest BCUT2D eigenvalue weighted by Gasteiger charge is 2.20. The first-order valence-electron chi connectivity index (χ1n) is 7.45. The number of aryl methyl sites for hydroxylation is 4. The molecule has 0 saturated heterocycles. The van der Waals surface area contributed by atoms with E-state index in [-0.39, 0.29) is 6.04 Å². The summed E-state index contributed by atoms with van der Waals surface area (Å²) in [6, 6.07) is 6.73. The second-order valence-electron chi connectivity index (χ2n) is 5.98. The molecule has 0 aliphatic carbocycles. The van der Waals surface area contributed by atoms with E-state index in [1.807, 2.05) is 13.0 Å². The maximum atomic E-state index is 6.08. The third-order valence-electron chi connectivity index (χ3n) is 4.21. The van der Waals surface area contributed by atoms with Crippen LogP contribution in [0, 0.1) is 27.7 Å². The maximum absolute atomic E-state index is 6.08. The third kappa shape index (κ3) is 3.36. The van der Waals surface area contributed by atoms with Crippen LogP contribution in [0.4, 0.5) is 0 Å². The molecule has 1 aromatic carbocycles. The van der Waals surface area contributed by atoms with Gasteiger partial charge in [0.05, 0.1) is 6.26 Å². The Morgan fingerprint density at radius 3 is 2.24 bits per heavy atom. The van der Waals surface area contributed by atoms with Gasteiger partial charge in [0.2, 0.25) is 0 Å². The van der Waals surface area contributed by atoms with Crippen LogP contribution in [-0.2, 0) is 6.54 Å². The lowest BCUT2D eigenvalue weighted by Crippen LogP contribution is -2.31. The molecule has 2 N–H and O–H groups in total. The average molecular weight is 286 g/mol. The van der Waals surface area contributed by atoms with Gasteiger partial charge in [0.1, 0.15) is 5.76 Å². The standard InChI is InChI=1S/C18H26N2O/c1-12-8-13(2)18(14(3)9-12)17(10-19)20(5)11-16-6-7-21-15(16)4/h6-9,17H,10-11,19H2,1-5H3. The molecule has 0 fully saturated rings. The highest BCUT2D eigenvalue weighted by Crippen LogP contribution is 2.28. The van der Waals surface area contributed by atoms with Gasteiger partial charge in [0, 0.05) is 24.7 Å². The van der Waals surface area contributed by atoms with E-state index in [1.54, 1.807) is 6.26 Å². The summed E-state index contributed by atoms with van der Waals surface area (Å²) >= 11 is 0. The Bertz CT molecular complexity index is 592. The van der Waals surface area contributed by atoms with Gasteiger partial charge in [-0.1, -0.05) is 17.7 Å². The summed E-state index contributed by atoms with van der Waals surface area (Å²) in [5.41, 5.74) is 12.6. The van der Waals surface area contributed by atoms with Crippen LogP contribution in [0.3, 0.4) is 0 Å². The van der Waals surface area contributed by atoms with Gasteiger partial charge in [-0.2, -0.15) is 0 Å². The SMILES string of the molecule is Cc1cc(C)c(C(CN)N(C)Cc2ccoc2C)c(C)c1. The van der Waals surface area contributed by atoms with Crippen molar-refractivity contribution in [3.05, 3.63) is 58.0 Å². The van der Waals surface area contributed by atoms with Crippen LogP contribution >= 0.6 is 0 Å². The smallest absolute Gasteiger partial charge is 0.105 e. The maximum Gasteiger partial charge on any atom is 0.105 e. The van der Waals surface area contributed by atoms with Gasteiger partial charge in [0.25, 0.3) is 0 Å². The van der Waals surface area contributed by atoms with E-state index < -0.39 is 0 Å². The van der Waals surface area contributed by atoms with Crippen molar-refractivity contribution in [2.75, 3.05) is 13.6 Å². The first-order chi connectivity index (χ1) is 9.93. The third-order valence-corrected chi connectivity index (χ3v) is 4.21. The molecule has 0 saturated carbocycles. The number of likely N-dealkylation sites (N-methyl/N-ethyl adjacent to an activating group) is 1. The monoisotopic (exact) mass is 286 g/mol. The predicted molar refractivity (Wildman–Crippen MR) is 87.4 cm³/mol. The number of hydrogen-bond donors (Lipinski definition) is 1. The van der Waals surface area contributed by atoms with E-state index >= 15 is 0 Å². The molecule has 114 valence electrons. The molecule has 1 atom stereocenters. The predicted octanol–water partition coefficient (Wildman–Crippen LogP) is 3.65. The first kappa shape index (κ1) is 15.8. The van der Waals surface area contributed by atoms with Crippen LogP contribution in [0.1, 0.15) is 39.6 Å². The van der Waals surface area contributed by atoms with Crippen molar-refractivity contribution in [2.24, 2.45) is 5.73 Å². The van der Waals surface area contributed by atoms with Crippen molar-refractivity contribution in [1.82, 2.24) is 4.90 Å². The normalized spacial score (nSPS) is 12.9. The number of hydrogen-bond acceptors (Lipinski definition) is 3. The van der Waals surface area contributed by atoms with Crippen molar-refractivity contribution in [3.8, 4) is 0 Å². The minimum atomic E-state index is 0.222. The Hall–Kier alpha value is -1.58. The topological polar surface area (TPSA) is 42.4 Å². The van der Waals surface area contributed by atoms with Crippen LogP contribution in [-0.4, -0.2) is 18.5 Å². The Kier molecular flexibility index (Phi) is 4.86. The Labute approximate surface area is 127 Å². The summed E-state index contributed by atoms with van der Waals surface area (Å²) in [4.78, 5) is 2.31. The van der Waals surface area contributed by atoms with Gasteiger partial charge in [-0.15, -0.1) is 0 Å². The number of nitrogens with two attached hydrogens (primary N) is 1. The highest BCUT2D eigenvalue weighted by atomic mass is 16.3. The minimum Gasteiger partial charge on any atom is -0.469 e. The van der Waals surface area contributed by atoms with E-state index in [9.17, 15) is 0 Å². The molecule has 1 unspecified atom stereocenters. The Balaban J connectivity index is 2.29. The molecule has 0 aliphatic heterocycles. The van der Waals surface area contributed by atoms with Crippen molar-refractivity contribution in [3.63, 3.8) is 0 Å². The van der Waals surface area contributed by atoms with E-state index in [0.29, 0.717) is 6.54 Å². The summed E-state index contributed by atoms with van der Waals surface area (Å²) in [6.07, 6.45) is 1.75. The van der Waals surface area contributed by atoms with Gasteiger partial charge in [-0.3, -0.25) is 4.90 Å². The quantitative estimate of drug-likeness (QED) is 0.912. The van der Waals surface area contributed by atoms with Crippen LogP contribution in [0.15, 0.2) is 28.9 Å². The lowest BCUT2D eigenvalue weighted by molar-refractivity contribution is 0.239. The molecular weight excluding hydrogens is 260 g/mol. The second kappa shape index (κ2) is 6.46. The molecule has 1 heterocycles. The van der Waals surface area contributed by atoms with Crippen LogP contribution in [0.25, 0.3) is 0 Å². The van der Waals surface area contributed by atoms with Gasteiger partial charge in [-0.05, 0) is 57.5 Å². The summed E-state index contributed by atoms with van der Waals surface area (Å²) in [5, 5.41) is 0. The van der Waals surface area contributed by atoms with Crippen molar-refractivity contribution < 1.29 is 4.42 Å². The number of rotatable bonds is 5. The zero-order valence-corrected chi connectivity index (χ0v) is 13.7. The van der Waals surface area contributed by atoms with Crippen LogP contribution in [0.2, 0.25) is 0 Å². The van der Waals surface area contributed by atoms with E-state index in [2.05, 4.69) is 44.9 Å². The van der Waals surface area contributed by atoms with E-state index in [4.69, 9.17) is 10.2 Å². The molecular formula is C18H26N2O. The molecule has 3 nitrogen and oxygen atoms in total. The summed E-state index contributed by atoms with van der Waals surface area (Å²) in [7, 11) is 2.13. The summed E-state index contributed by atoms with van der Waals surface area (Å²) in [5.74, 6) is 0.981. The summed E-state index contributed by atoms with van der Waals surface area (Å²) in [6.45, 7) is 9.95. The molecule has 0 amide bonds. The number of benzene rings is 1. The molecule has 2 rings (SSSR count). The minimum absolute atomic E-state index is 0.222. The zero-order chi connectivity index (χ0) is 15.6. The first-order valence-corrected chi connectivity index (χ1v) is 7.45. The molecule has 0 radical (unpaired) electrons. The van der Waals surface area contributed by atoms with Crippen molar-refractivity contribution in [1.29, 1.82) is 0 Å². The molecule has 1 aromatic heterocycles. The van der Waals surface area contributed by atoms with Gasteiger partial charge < -0.3 is 10.2 Å². The van der Waals surface area contributed by atoms with Crippen molar-refractivity contribution >= 4 is 0 Å². The Morgan fingerprint density at radius 2 is 1.76 bits per heavy atom. The lowest BCUT2D eigenvalue weighted by atomic mass is 9.93. The van der Waals surface area contributed by atoms with Crippen LogP contribution in [0.5, 0.6) is 0 Å². The van der Waals surface area contributed by atoms with Crippen LogP contribution < -0.4 is 5.73 Å². The molecule has 0 spiro atoms. The molecule has 0 aliphatic rings. The van der Waals surface area contributed by atoms with Gasteiger partial charge in [-0.25, -0.2) is 0 Å². The number of nitrogens with zero attached hydrogens (tertiary/aromatic N) is 1. The lowest BCUT2D eigenvalue weighted by Gasteiger charge is -2.30. The fourth-order valence-corrected chi connectivity index (χ4v) is 3.19. The van der Waals surface area contributed by atoms with Crippen molar-refractivity contribution in [2.45, 2.75) is 40.3 Å². The fraction of sp³-hybridized carbons (Fsp3) is 0.444. The Morgan fingerprint density at radius 1 is 1.14 bits per heavy atom. The largest absolute Gasteiger partial charge is 0.469 e. The fourth-order valence-electron chi connectivity index (χ4n) is 3.19. The zero-order valence-electron chi connectivity index (χ0n) is 13.7. The van der Waals surface area contributed by atoms with Gasteiger partial charge >= 0.3 is 0 Å². The molecule has 21 heavy (non-hydrogen) atoms. The summed E-state index contributed by atoms with van der Waals surface area (Å²) < 4.78 is 5.39. The molecule has 0 bridgehead atoms. The van der Waals surface area contributed by atoms with E-state index in [1.165, 1.54) is 27.8 Å². The number of furan rings is 1. The molecule has 3 heteroatoms. The van der Waals surface area contributed by atoms with Gasteiger partial charge in [0.15, 0.2) is 0 Å². The molecule has 2 aromatic rings.